The van der Waals surface area contributed by atoms with Crippen molar-refractivity contribution < 1.29 is 9.32 Å². The number of carbonyl (C=O) groups excluding carboxylic acids is 1. The van der Waals surface area contributed by atoms with Gasteiger partial charge >= 0.3 is 0 Å². The fourth-order valence-corrected chi connectivity index (χ4v) is 2.93. The molecule has 25 heavy (non-hydrogen) atoms. The number of aryl methyl sites for hydroxylation is 2. The molecule has 1 aliphatic heterocycles. The quantitative estimate of drug-likeness (QED) is 0.834. The summed E-state index contributed by atoms with van der Waals surface area (Å²) in [5, 5.41) is 11.4. The van der Waals surface area contributed by atoms with Crippen molar-refractivity contribution >= 4 is 18.3 Å². The van der Waals surface area contributed by atoms with E-state index in [1.807, 2.05) is 22.0 Å². The number of nitrogens with one attached hydrogen (secondary N) is 1. The van der Waals surface area contributed by atoms with Gasteiger partial charge in [-0.25, -0.2) is 0 Å². The molecule has 1 N–H and O–H groups in total. The minimum atomic E-state index is -0.179. The van der Waals surface area contributed by atoms with E-state index in [1.165, 1.54) is 0 Å². The lowest BCUT2D eigenvalue weighted by Crippen LogP contribution is -2.44. The van der Waals surface area contributed by atoms with Gasteiger partial charge in [-0.05, 0) is 33.1 Å². The zero-order chi connectivity index (χ0) is 16.9. The van der Waals surface area contributed by atoms with Crippen molar-refractivity contribution in [3.8, 4) is 0 Å². The Morgan fingerprint density at radius 1 is 1.40 bits per heavy atom. The molecule has 2 aromatic heterocycles. The van der Waals surface area contributed by atoms with Gasteiger partial charge in [0.25, 0.3) is 0 Å². The fourth-order valence-electron chi connectivity index (χ4n) is 2.93. The normalized spacial score (nSPS) is 18.1. The first-order valence-electron chi connectivity index (χ1n) is 8.48. The number of halogens is 1. The lowest BCUT2D eigenvalue weighted by atomic mass is 10.1. The first-order chi connectivity index (χ1) is 11.7. The van der Waals surface area contributed by atoms with Gasteiger partial charge < -0.3 is 14.7 Å². The van der Waals surface area contributed by atoms with Crippen LogP contribution in [0.3, 0.4) is 0 Å². The highest BCUT2D eigenvalue weighted by Gasteiger charge is 2.27. The van der Waals surface area contributed by atoms with Crippen LogP contribution < -0.4 is 5.32 Å². The molecule has 3 heterocycles. The van der Waals surface area contributed by atoms with Crippen molar-refractivity contribution in [2.45, 2.75) is 58.8 Å². The van der Waals surface area contributed by atoms with E-state index < -0.39 is 0 Å². The number of hydrogen-bond acceptors (Lipinski definition) is 6. The Bertz CT molecular complexity index is 686. The van der Waals surface area contributed by atoms with Crippen LogP contribution in [-0.4, -0.2) is 43.3 Å². The summed E-state index contributed by atoms with van der Waals surface area (Å²) in [5.74, 6) is 1.19. The third-order valence-electron chi connectivity index (χ3n) is 4.24. The average molecular weight is 369 g/mol. The monoisotopic (exact) mass is 368 g/mol. The summed E-state index contributed by atoms with van der Waals surface area (Å²) in [6.07, 6.45) is 6.71. The van der Waals surface area contributed by atoms with Gasteiger partial charge in [0.15, 0.2) is 5.82 Å². The largest absolute Gasteiger partial charge is 0.337 e. The molecule has 0 radical (unpaired) electrons. The molecule has 1 aliphatic rings. The summed E-state index contributed by atoms with van der Waals surface area (Å²) >= 11 is 0. The van der Waals surface area contributed by atoms with Crippen LogP contribution in [0.1, 0.15) is 43.5 Å². The van der Waals surface area contributed by atoms with Crippen LogP contribution in [0.4, 0.5) is 0 Å². The molecule has 0 aromatic carbocycles. The highest BCUT2D eigenvalue weighted by atomic mass is 35.5. The molecule has 1 unspecified atom stereocenters. The number of amides is 1. The van der Waals surface area contributed by atoms with E-state index in [0.717, 1.165) is 37.9 Å². The summed E-state index contributed by atoms with van der Waals surface area (Å²) in [4.78, 5) is 18.8. The molecule has 8 nitrogen and oxygen atoms in total. The van der Waals surface area contributed by atoms with Crippen molar-refractivity contribution in [3.63, 3.8) is 0 Å². The van der Waals surface area contributed by atoms with Crippen LogP contribution in [0, 0.1) is 6.92 Å². The van der Waals surface area contributed by atoms with E-state index in [1.54, 1.807) is 6.92 Å². The van der Waals surface area contributed by atoms with E-state index in [2.05, 4.69) is 27.5 Å². The molecule has 0 bridgehead atoms. The Morgan fingerprint density at radius 3 is 2.92 bits per heavy atom. The highest BCUT2D eigenvalue weighted by molar-refractivity contribution is 5.85. The topological polar surface area (TPSA) is 89.1 Å². The van der Waals surface area contributed by atoms with Gasteiger partial charge in [0.2, 0.25) is 11.8 Å². The minimum Gasteiger partial charge on any atom is -0.337 e. The number of carbonyl (C=O) groups is 1. The molecule has 9 heteroatoms. The van der Waals surface area contributed by atoms with E-state index in [4.69, 9.17) is 4.52 Å². The van der Waals surface area contributed by atoms with Gasteiger partial charge in [-0.3, -0.25) is 9.48 Å². The molecule has 0 spiro atoms. The van der Waals surface area contributed by atoms with Crippen LogP contribution in [0.2, 0.25) is 0 Å². The number of rotatable bonds is 6. The fraction of sp³-hybridized carbons (Fsp3) is 0.625. The average Bonchev–Trinajstić information content (AvgIpc) is 3.17. The molecule has 1 saturated heterocycles. The van der Waals surface area contributed by atoms with Crippen molar-refractivity contribution in [1.82, 2.24) is 30.1 Å². The molecular weight excluding hydrogens is 344 g/mol. The Labute approximate surface area is 153 Å². The van der Waals surface area contributed by atoms with E-state index in [-0.39, 0.29) is 24.4 Å². The van der Waals surface area contributed by atoms with Crippen LogP contribution in [-0.2, 0) is 24.4 Å². The van der Waals surface area contributed by atoms with Gasteiger partial charge in [-0.1, -0.05) is 5.16 Å². The molecule has 1 atom stereocenters. The van der Waals surface area contributed by atoms with E-state index in [9.17, 15) is 4.79 Å². The van der Waals surface area contributed by atoms with Gasteiger partial charge in [0.1, 0.15) is 6.54 Å². The first-order valence-corrected chi connectivity index (χ1v) is 8.48. The van der Waals surface area contributed by atoms with Crippen molar-refractivity contribution in [2.24, 2.45) is 0 Å². The maximum Gasteiger partial charge on any atom is 0.246 e. The molecule has 0 saturated carbocycles. The predicted molar refractivity (Wildman–Crippen MR) is 94.1 cm³/mol. The number of likely N-dealkylation sites (tertiary alicyclic amines) is 1. The van der Waals surface area contributed by atoms with Crippen molar-refractivity contribution in [1.29, 1.82) is 0 Å². The second-order valence-corrected chi connectivity index (χ2v) is 6.13. The van der Waals surface area contributed by atoms with Crippen LogP contribution >= 0.6 is 12.4 Å². The molecule has 0 aliphatic carbocycles. The predicted octanol–water partition coefficient (Wildman–Crippen LogP) is 1.69. The molecule has 1 fully saturated rings. The SMILES string of the molecule is CCn1cc(CNC2CCCCN(Cc3nc(C)no3)C2=O)cn1.Cl. The first kappa shape index (κ1) is 19.4. The van der Waals surface area contributed by atoms with E-state index in [0.29, 0.717) is 24.8 Å². The summed E-state index contributed by atoms with van der Waals surface area (Å²) < 4.78 is 7.03. The maximum atomic E-state index is 12.8. The zero-order valence-corrected chi connectivity index (χ0v) is 15.5. The second-order valence-electron chi connectivity index (χ2n) is 6.13. The Hall–Kier alpha value is -1.93. The Morgan fingerprint density at radius 2 is 2.24 bits per heavy atom. The molecular formula is C16H25ClN6O2. The lowest BCUT2D eigenvalue weighted by molar-refractivity contribution is -0.133. The van der Waals surface area contributed by atoms with Gasteiger partial charge in [0.05, 0.1) is 12.2 Å². The Kier molecular flexibility index (Phi) is 6.95. The third-order valence-corrected chi connectivity index (χ3v) is 4.24. The summed E-state index contributed by atoms with van der Waals surface area (Å²) in [6, 6.07) is -0.179. The Balaban J connectivity index is 0.00000225. The number of hydrogen-bond donors (Lipinski definition) is 1. The summed E-state index contributed by atoms with van der Waals surface area (Å²) in [6.45, 7) is 6.43. The molecule has 1 amide bonds. The van der Waals surface area contributed by atoms with Crippen molar-refractivity contribution in [2.75, 3.05) is 6.54 Å². The van der Waals surface area contributed by atoms with Gasteiger partial charge in [0, 0.05) is 31.4 Å². The minimum absolute atomic E-state index is 0. The third kappa shape index (κ3) is 5.02. The smallest absolute Gasteiger partial charge is 0.246 e. The lowest BCUT2D eigenvalue weighted by Gasteiger charge is -2.23. The van der Waals surface area contributed by atoms with Crippen molar-refractivity contribution in [3.05, 3.63) is 29.7 Å². The standard InChI is InChI=1S/C16H24N6O2.ClH/c1-3-22-10-13(9-18-22)8-17-14-6-4-5-7-21(16(14)23)11-15-19-12(2)20-24-15;/h9-10,14,17H,3-8,11H2,1-2H3;1H. The number of aromatic nitrogens is 4. The molecule has 2 aromatic rings. The van der Waals surface area contributed by atoms with Crippen LogP contribution in [0.5, 0.6) is 0 Å². The van der Waals surface area contributed by atoms with Crippen LogP contribution in [0.25, 0.3) is 0 Å². The van der Waals surface area contributed by atoms with Crippen LogP contribution in [0.15, 0.2) is 16.9 Å². The van der Waals surface area contributed by atoms with Gasteiger partial charge in [-0.2, -0.15) is 10.1 Å². The molecule has 3 rings (SSSR count). The number of nitrogens with zero attached hydrogens (tertiary/aromatic N) is 5. The summed E-state index contributed by atoms with van der Waals surface area (Å²) in [5.41, 5.74) is 1.09. The van der Waals surface area contributed by atoms with Gasteiger partial charge in [-0.15, -0.1) is 12.4 Å². The summed E-state index contributed by atoms with van der Waals surface area (Å²) in [7, 11) is 0. The second kappa shape index (κ2) is 8.96. The van der Waals surface area contributed by atoms with E-state index >= 15 is 0 Å². The zero-order valence-electron chi connectivity index (χ0n) is 14.6. The maximum absolute atomic E-state index is 12.8. The highest BCUT2D eigenvalue weighted by Crippen LogP contribution is 2.15. The molecule has 138 valence electrons.